The molecule has 0 radical (unpaired) electrons. The summed E-state index contributed by atoms with van der Waals surface area (Å²) in [5, 5.41) is 13.2. The largest absolute Gasteiger partial charge is 0.387 e. The summed E-state index contributed by atoms with van der Waals surface area (Å²) >= 11 is 0. The number of β-amino-alcohol motifs (C(OH)–C–C–N with tert-alkyl or cyclic N) is 1. The zero-order valence-corrected chi connectivity index (χ0v) is 13.3. The SMILES string of the molecule is CCCC1(O)CN(CC(=O)Nc2c(C)cccc2CC)C1. The van der Waals surface area contributed by atoms with Crippen molar-refractivity contribution in [3.05, 3.63) is 29.3 Å². The Morgan fingerprint density at radius 3 is 2.71 bits per heavy atom. The average molecular weight is 290 g/mol. The number of carbonyl (C=O) groups excluding carboxylic acids is 1. The van der Waals surface area contributed by atoms with Crippen LogP contribution < -0.4 is 5.32 Å². The molecular formula is C17H26N2O2. The van der Waals surface area contributed by atoms with Crippen molar-refractivity contribution in [3.63, 3.8) is 0 Å². The van der Waals surface area contributed by atoms with Crippen LogP contribution in [0.4, 0.5) is 5.69 Å². The van der Waals surface area contributed by atoms with Crippen LogP contribution in [0.3, 0.4) is 0 Å². The smallest absolute Gasteiger partial charge is 0.238 e. The first-order valence-corrected chi connectivity index (χ1v) is 7.80. The molecule has 1 aromatic rings. The van der Waals surface area contributed by atoms with E-state index < -0.39 is 5.60 Å². The molecule has 116 valence electrons. The molecule has 1 heterocycles. The second-order valence-electron chi connectivity index (χ2n) is 6.13. The first kappa shape index (κ1) is 16.0. The number of rotatable bonds is 6. The second kappa shape index (κ2) is 6.58. The van der Waals surface area contributed by atoms with E-state index in [9.17, 15) is 9.90 Å². The first-order chi connectivity index (χ1) is 9.97. The molecule has 1 aliphatic heterocycles. The van der Waals surface area contributed by atoms with Crippen LogP contribution in [0.25, 0.3) is 0 Å². The van der Waals surface area contributed by atoms with E-state index in [1.165, 1.54) is 0 Å². The summed E-state index contributed by atoms with van der Waals surface area (Å²) in [5.74, 6) is -0.00227. The number of amides is 1. The Kier molecular flexibility index (Phi) is 5.01. The Morgan fingerprint density at radius 2 is 2.10 bits per heavy atom. The number of anilines is 1. The molecular weight excluding hydrogens is 264 g/mol. The highest BCUT2D eigenvalue weighted by atomic mass is 16.3. The minimum atomic E-state index is -0.577. The predicted octanol–water partition coefficient (Wildman–Crippen LogP) is 2.34. The summed E-state index contributed by atoms with van der Waals surface area (Å²) in [4.78, 5) is 14.2. The molecule has 21 heavy (non-hydrogen) atoms. The molecule has 1 aromatic carbocycles. The van der Waals surface area contributed by atoms with Gasteiger partial charge in [0.25, 0.3) is 0 Å². The number of nitrogens with one attached hydrogen (secondary N) is 1. The topological polar surface area (TPSA) is 52.6 Å². The Hall–Kier alpha value is -1.39. The minimum Gasteiger partial charge on any atom is -0.387 e. The van der Waals surface area contributed by atoms with Crippen molar-refractivity contribution in [3.8, 4) is 0 Å². The van der Waals surface area contributed by atoms with Gasteiger partial charge >= 0.3 is 0 Å². The van der Waals surface area contributed by atoms with Gasteiger partial charge in [-0.1, -0.05) is 38.5 Å². The number of hydrogen-bond donors (Lipinski definition) is 2. The molecule has 0 saturated carbocycles. The van der Waals surface area contributed by atoms with Crippen molar-refractivity contribution in [2.75, 3.05) is 25.0 Å². The van der Waals surface area contributed by atoms with Gasteiger partial charge < -0.3 is 10.4 Å². The zero-order valence-electron chi connectivity index (χ0n) is 13.3. The summed E-state index contributed by atoms with van der Waals surface area (Å²) in [5.41, 5.74) is 2.62. The van der Waals surface area contributed by atoms with Crippen LogP contribution in [-0.2, 0) is 11.2 Å². The van der Waals surface area contributed by atoms with Gasteiger partial charge in [-0.2, -0.15) is 0 Å². The molecule has 1 saturated heterocycles. The van der Waals surface area contributed by atoms with Crippen molar-refractivity contribution in [1.82, 2.24) is 4.90 Å². The summed E-state index contributed by atoms with van der Waals surface area (Å²) < 4.78 is 0. The van der Waals surface area contributed by atoms with Gasteiger partial charge in [-0.3, -0.25) is 9.69 Å². The van der Waals surface area contributed by atoms with Gasteiger partial charge in [0.1, 0.15) is 0 Å². The molecule has 0 bridgehead atoms. The minimum absolute atomic E-state index is 0.00227. The number of aryl methyl sites for hydroxylation is 2. The van der Waals surface area contributed by atoms with Gasteiger partial charge in [0.05, 0.1) is 12.1 Å². The number of para-hydroxylation sites is 1. The molecule has 0 aromatic heterocycles. The molecule has 1 amide bonds. The van der Waals surface area contributed by atoms with E-state index in [4.69, 9.17) is 0 Å². The van der Waals surface area contributed by atoms with Crippen LogP contribution in [-0.4, -0.2) is 41.1 Å². The van der Waals surface area contributed by atoms with Gasteiger partial charge in [-0.25, -0.2) is 0 Å². The molecule has 1 fully saturated rings. The number of benzene rings is 1. The molecule has 0 aliphatic carbocycles. The fourth-order valence-corrected chi connectivity index (χ4v) is 3.11. The lowest BCUT2D eigenvalue weighted by molar-refractivity contribution is -0.129. The van der Waals surface area contributed by atoms with Crippen LogP contribution in [0.2, 0.25) is 0 Å². The maximum Gasteiger partial charge on any atom is 0.238 e. The highest BCUT2D eigenvalue weighted by Gasteiger charge is 2.40. The van der Waals surface area contributed by atoms with E-state index in [0.717, 1.165) is 36.1 Å². The number of nitrogens with zero attached hydrogens (tertiary/aromatic N) is 1. The second-order valence-corrected chi connectivity index (χ2v) is 6.13. The van der Waals surface area contributed by atoms with Crippen LogP contribution in [0, 0.1) is 6.92 Å². The molecule has 4 nitrogen and oxygen atoms in total. The summed E-state index contributed by atoms with van der Waals surface area (Å²) in [6.45, 7) is 7.72. The van der Waals surface area contributed by atoms with Gasteiger partial charge in [0, 0.05) is 18.8 Å². The van der Waals surface area contributed by atoms with Crippen molar-refractivity contribution < 1.29 is 9.90 Å². The first-order valence-electron chi connectivity index (χ1n) is 7.80. The van der Waals surface area contributed by atoms with Gasteiger partial charge in [-0.15, -0.1) is 0 Å². The third-order valence-electron chi connectivity index (χ3n) is 4.12. The number of hydrogen-bond acceptors (Lipinski definition) is 3. The van der Waals surface area contributed by atoms with Crippen LogP contribution in [0.1, 0.15) is 37.8 Å². The van der Waals surface area contributed by atoms with Crippen molar-refractivity contribution in [2.24, 2.45) is 0 Å². The van der Waals surface area contributed by atoms with Crippen molar-refractivity contribution in [1.29, 1.82) is 0 Å². The fraction of sp³-hybridized carbons (Fsp3) is 0.588. The standard InChI is InChI=1S/C17H26N2O2/c1-4-9-17(21)11-19(12-17)10-15(20)18-16-13(3)7-6-8-14(16)5-2/h6-8,21H,4-5,9-12H2,1-3H3,(H,18,20). The Morgan fingerprint density at radius 1 is 1.38 bits per heavy atom. The number of aliphatic hydroxyl groups is 1. The van der Waals surface area contributed by atoms with Gasteiger partial charge in [-0.05, 0) is 30.9 Å². The lowest BCUT2D eigenvalue weighted by Gasteiger charge is -2.46. The lowest BCUT2D eigenvalue weighted by atomic mass is 9.89. The van der Waals surface area contributed by atoms with Crippen molar-refractivity contribution in [2.45, 2.75) is 45.6 Å². The maximum atomic E-state index is 12.2. The Bertz CT molecular complexity index is 508. The molecule has 0 atom stereocenters. The van der Waals surface area contributed by atoms with E-state index in [1.54, 1.807) is 0 Å². The molecule has 1 aliphatic rings. The summed E-state index contributed by atoms with van der Waals surface area (Å²) in [6.07, 6.45) is 2.68. The molecule has 0 spiro atoms. The normalized spacial score (nSPS) is 17.3. The fourth-order valence-electron chi connectivity index (χ4n) is 3.11. The quantitative estimate of drug-likeness (QED) is 0.845. The van der Waals surface area contributed by atoms with E-state index in [0.29, 0.717) is 19.6 Å². The lowest BCUT2D eigenvalue weighted by Crippen LogP contribution is -2.62. The highest BCUT2D eigenvalue weighted by Crippen LogP contribution is 2.26. The van der Waals surface area contributed by atoms with Crippen LogP contribution in [0.5, 0.6) is 0 Å². The third kappa shape index (κ3) is 3.83. The van der Waals surface area contributed by atoms with E-state index in [2.05, 4.69) is 19.2 Å². The van der Waals surface area contributed by atoms with Crippen LogP contribution >= 0.6 is 0 Å². The monoisotopic (exact) mass is 290 g/mol. The highest BCUT2D eigenvalue weighted by molar-refractivity contribution is 5.93. The van der Waals surface area contributed by atoms with Crippen LogP contribution in [0.15, 0.2) is 18.2 Å². The van der Waals surface area contributed by atoms with Crippen molar-refractivity contribution >= 4 is 11.6 Å². The molecule has 0 unspecified atom stereocenters. The molecule has 4 heteroatoms. The number of carbonyl (C=O) groups is 1. The maximum absolute atomic E-state index is 12.2. The van der Waals surface area contributed by atoms with Gasteiger partial charge in [0.15, 0.2) is 0 Å². The van der Waals surface area contributed by atoms with E-state index >= 15 is 0 Å². The molecule has 2 rings (SSSR count). The van der Waals surface area contributed by atoms with Gasteiger partial charge in [0.2, 0.25) is 5.91 Å². The Balaban J connectivity index is 1.89. The predicted molar refractivity (Wildman–Crippen MR) is 85.5 cm³/mol. The zero-order chi connectivity index (χ0) is 15.5. The van der Waals surface area contributed by atoms with E-state index in [1.807, 2.05) is 30.0 Å². The summed E-state index contributed by atoms with van der Waals surface area (Å²) in [6, 6.07) is 6.08. The van der Waals surface area contributed by atoms with E-state index in [-0.39, 0.29) is 5.91 Å². The summed E-state index contributed by atoms with van der Waals surface area (Å²) in [7, 11) is 0. The number of likely N-dealkylation sites (tertiary alicyclic amines) is 1. The Labute approximate surface area is 127 Å². The average Bonchev–Trinajstić information content (AvgIpc) is 2.39. The molecule has 2 N–H and O–H groups in total. The third-order valence-corrected chi connectivity index (χ3v) is 4.12.